The van der Waals surface area contributed by atoms with Crippen molar-refractivity contribution in [3.05, 3.63) is 35.4 Å². The first kappa shape index (κ1) is 20.9. The minimum atomic E-state index is -0.618. The lowest BCUT2D eigenvalue weighted by atomic mass is 9.82. The average Bonchev–Trinajstić information content (AvgIpc) is 2.64. The van der Waals surface area contributed by atoms with Crippen molar-refractivity contribution in [2.75, 3.05) is 20.2 Å². The van der Waals surface area contributed by atoms with Gasteiger partial charge in [0.25, 0.3) is 0 Å². The van der Waals surface area contributed by atoms with Gasteiger partial charge in [-0.15, -0.1) is 0 Å². The molecular formula is C22H27NO6. The molecule has 1 aromatic rings. The van der Waals surface area contributed by atoms with E-state index in [1.165, 1.54) is 13.2 Å². The molecule has 7 nitrogen and oxygen atoms in total. The zero-order valence-electron chi connectivity index (χ0n) is 17.3. The van der Waals surface area contributed by atoms with Crippen molar-refractivity contribution in [2.24, 2.45) is 0 Å². The van der Waals surface area contributed by atoms with Crippen molar-refractivity contribution < 1.29 is 28.6 Å². The van der Waals surface area contributed by atoms with Gasteiger partial charge in [0.15, 0.2) is 5.78 Å². The van der Waals surface area contributed by atoms with Crippen molar-refractivity contribution in [1.29, 1.82) is 0 Å². The second-order valence-electron chi connectivity index (χ2n) is 8.46. The van der Waals surface area contributed by atoms with Gasteiger partial charge in [-0.2, -0.15) is 0 Å². The molecular weight excluding hydrogens is 374 g/mol. The van der Waals surface area contributed by atoms with Crippen LogP contribution in [0.15, 0.2) is 24.3 Å². The van der Waals surface area contributed by atoms with E-state index in [2.05, 4.69) is 4.74 Å². The molecule has 1 aromatic carbocycles. The van der Waals surface area contributed by atoms with Crippen LogP contribution in [0.25, 0.3) is 6.08 Å². The summed E-state index contributed by atoms with van der Waals surface area (Å²) in [7, 11) is 1.31. The van der Waals surface area contributed by atoms with E-state index >= 15 is 0 Å². The molecule has 1 fully saturated rings. The summed E-state index contributed by atoms with van der Waals surface area (Å²) in [6, 6.07) is 5.24. The van der Waals surface area contributed by atoms with Gasteiger partial charge < -0.3 is 19.1 Å². The molecule has 156 valence electrons. The number of piperidine rings is 1. The number of likely N-dealkylation sites (tertiary alicyclic amines) is 1. The quantitative estimate of drug-likeness (QED) is 0.556. The maximum Gasteiger partial charge on any atom is 0.410 e. The highest BCUT2D eigenvalue weighted by atomic mass is 16.6. The molecule has 0 N–H and O–H groups in total. The van der Waals surface area contributed by atoms with Crippen LogP contribution in [0.1, 0.15) is 56.0 Å². The number of ether oxygens (including phenoxy) is 3. The Morgan fingerprint density at radius 2 is 1.90 bits per heavy atom. The summed E-state index contributed by atoms with van der Waals surface area (Å²) in [6.07, 6.45) is 4.00. The Kier molecular flexibility index (Phi) is 5.68. The fourth-order valence-electron chi connectivity index (χ4n) is 3.55. The highest BCUT2D eigenvalue weighted by molar-refractivity contribution is 6.00. The number of benzene rings is 1. The molecule has 2 heterocycles. The molecule has 1 saturated heterocycles. The Morgan fingerprint density at radius 1 is 1.21 bits per heavy atom. The summed E-state index contributed by atoms with van der Waals surface area (Å²) in [5, 5.41) is 0. The average molecular weight is 401 g/mol. The standard InChI is InChI=1S/C22H27NO6/c1-21(2,3)29-20(26)23-11-9-22(10-12-23)14-17(24)16-7-5-15(13-18(16)28-22)6-8-19(25)27-4/h5-8,13H,9-12,14H2,1-4H3/b8-6+. The van der Waals surface area contributed by atoms with Gasteiger partial charge in [0, 0.05) is 32.0 Å². The van der Waals surface area contributed by atoms with Gasteiger partial charge in [0.05, 0.1) is 19.1 Å². The van der Waals surface area contributed by atoms with Gasteiger partial charge in [-0.05, 0) is 44.5 Å². The number of hydrogen-bond acceptors (Lipinski definition) is 6. The van der Waals surface area contributed by atoms with E-state index < -0.39 is 17.2 Å². The molecule has 0 unspecified atom stereocenters. The second-order valence-corrected chi connectivity index (χ2v) is 8.46. The lowest BCUT2D eigenvalue weighted by Crippen LogP contribution is -2.53. The van der Waals surface area contributed by atoms with Gasteiger partial charge in [-0.1, -0.05) is 6.07 Å². The van der Waals surface area contributed by atoms with E-state index in [0.29, 0.717) is 43.7 Å². The summed E-state index contributed by atoms with van der Waals surface area (Å²) in [5.41, 5.74) is 0.120. The highest BCUT2D eigenvalue weighted by Crippen LogP contribution is 2.40. The number of amides is 1. The van der Waals surface area contributed by atoms with Crippen LogP contribution in [0.3, 0.4) is 0 Å². The molecule has 0 bridgehead atoms. The van der Waals surface area contributed by atoms with Crippen LogP contribution in [0.2, 0.25) is 0 Å². The lowest BCUT2D eigenvalue weighted by molar-refractivity contribution is -0.134. The van der Waals surface area contributed by atoms with Gasteiger partial charge in [-0.25, -0.2) is 9.59 Å². The molecule has 0 saturated carbocycles. The van der Waals surface area contributed by atoms with Crippen molar-refractivity contribution in [2.45, 2.75) is 51.2 Å². The molecule has 0 aromatic heterocycles. The molecule has 7 heteroatoms. The van der Waals surface area contributed by atoms with E-state index in [0.717, 1.165) is 5.56 Å². The maximum atomic E-state index is 12.7. The molecule has 0 aliphatic carbocycles. The van der Waals surface area contributed by atoms with Crippen LogP contribution in [-0.4, -0.2) is 54.1 Å². The summed E-state index contributed by atoms with van der Waals surface area (Å²) in [4.78, 5) is 38.0. The number of Topliss-reactive ketones (excluding diaryl/α,β-unsaturated/α-hetero) is 1. The molecule has 0 radical (unpaired) electrons. The van der Waals surface area contributed by atoms with E-state index in [-0.39, 0.29) is 11.9 Å². The van der Waals surface area contributed by atoms with Crippen LogP contribution in [0.4, 0.5) is 4.79 Å². The number of nitrogens with zero attached hydrogens (tertiary/aromatic N) is 1. The lowest BCUT2D eigenvalue weighted by Gasteiger charge is -2.44. The molecule has 1 spiro atoms. The summed E-state index contributed by atoms with van der Waals surface area (Å²) in [5.74, 6) is 0.0881. The van der Waals surface area contributed by atoms with E-state index in [9.17, 15) is 14.4 Å². The largest absolute Gasteiger partial charge is 0.486 e. The number of rotatable bonds is 2. The Morgan fingerprint density at radius 3 is 2.52 bits per heavy atom. The van der Waals surface area contributed by atoms with Crippen molar-refractivity contribution in [1.82, 2.24) is 4.90 Å². The van der Waals surface area contributed by atoms with E-state index in [1.54, 1.807) is 29.2 Å². The minimum absolute atomic E-state index is 0.0282. The third kappa shape index (κ3) is 4.96. The molecule has 29 heavy (non-hydrogen) atoms. The molecule has 2 aliphatic heterocycles. The Bertz CT molecular complexity index is 843. The SMILES string of the molecule is COC(=O)/C=C/c1ccc2c(c1)OC1(CCN(C(=O)OC(C)(C)C)CC1)CC2=O. The number of carbonyl (C=O) groups excluding carboxylic acids is 3. The molecule has 2 aliphatic rings. The predicted molar refractivity (Wildman–Crippen MR) is 107 cm³/mol. The normalized spacial score (nSPS) is 18.3. The van der Waals surface area contributed by atoms with Crippen LogP contribution in [-0.2, 0) is 14.3 Å². The smallest absolute Gasteiger partial charge is 0.410 e. The number of carbonyl (C=O) groups is 3. The zero-order chi connectivity index (χ0) is 21.2. The van der Waals surface area contributed by atoms with Crippen LogP contribution < -0.4 is 4.74 Å². The van der Waals surface area contributed by atoms with E-state index in [4.69, 9.17) is 9.47 Å². The van der Waals surface area contributed by atoms with Crippen molar-refractivity contribution in [3.8, 4) is 5.75 Å². The fourth-order valence-corrected chi connectivity index (χ4v) is 3.55. The number of ketones is 1. The fraction of sp³-hybridized carbons (Fsp3) is 0.500. The maximum absolute atomic E-state index is 12.7. The number of esters is 1. The Hall–Kier alpha value is -2.83. The van der Waals surface area contributed by atoms with Crippen LogP contribution in [0.5, 0.6) is 5.75 Å². The van der Waals surface area contributed by atoms with Gasteiger partial charge >= 0.3 is 12.1 Å². The van der Waals surface area contributed by atoms with Gasteiger partial charge in [-0.3, -0.25) is 4.79 Å². The van der Waals surface area contributed by atoms with E-state index in [1.807, 2.05) is 20.8 Å². The summed E-state index contributed by atoms with van der Waals surface area (Å²) >= 11 is 0. The van der Waals surface area contributed by atoms with Crippen LogP contribution >= 0.6 is 0 Å². The number of hydrogen-bond donors (Lipinski definition) is 0. The first-order valence-electron chi connectivity index (χ1n) is 9.71. The second kappa shape index (κ2) is 7.89. The van der Waals surface area contributed by atoms with Crippen molar-refractivity contribution >= 4 is 23.9 Å². The highest BCUT2D eigenvalue weighted by Gasteiger charge is 2.44. The topological polar surface area (TPSA) is 82.1 Å². The summed E-state index contributed by atoms with van der Waals surface area (Å²) < 4.78 is 16.3. The monoisotopic (exact) mass is 401 g/mol. The summed E-state index contributed by atoms with van der Waals surface area (Å²) in [6.45, 7) is 6.45. The van der Waals surface area contributed by atoms with Gasteiger partial charge in [0.1, 0.15) is 17.0 Å². The third-order valence-electron chi connectivity index (χ3n) is 5.05. The third-order valence-corrected chi connectivity index (χ3v) is 5.05. The number of fused-ring (bicyclic) bond motifs is 1. The Labute approximate surface area is 170 Å². The predicted octanol–water partition coefficient (Wildman–Crippen LogP) is 3.61. The number of methoxy groups -OCH3 is 1. The van der Waals surface area contributed by atoms with Crippen molar-refractivity contribution in [3.63, 3.8) is 0 Å². The first-order valence-corrected chi connectivity index (χ1v) is 9.71. The molecule has 1 amide bonds. The minimum Gasteiger partial charge on any atom is -0.486 e. The molecule has 3 rings (SSSR count). The Balaban J connectivity index is 1.72. The molecule has 0 atom stereocenters. The zero-order valence-corrected chi connectivity index (χ0v) is 17.3. The van der Waals surface area contributed by atoms with Gasteiger partial charge in [0.2, 0.25) is 0 Å². The first-order chi connectivity index (χ1) is 13.6. The van der Waals surface area contributed by atoms with Crippen LogP contribution in [0, 0.1) is 0 Å².